The Morgan fingerprint density at radius 2 is 2.04 bits per heavy atom. The normalized spacial score (nSPS) is 15.4. The fourth-order valence-electron chi connectivity index (χ4n) is 2.67. The van der Waals surface area contributed by atoms with Crippen molar-refractivity contribution in [3.8, 4) is 5.75 Å². The molecule has 0 spiro atoms. The van der Waals surface area contributed by atoms with Gasteiger partial charge in [-0.1, -0.05) is 24.6 Å². The van der Waals surface area contributed by atoms with Gasteiger partial charge in [0.05, 0.1) is 12.3 Å². The summed E-state index contributed by atoms with van der Waals surface area (Å²) < 4.78 is 56.2. The molecule has 0 aromatic heterocycles. The molecule has 1 aliphatic rings. The maximum Gasteiger partial charge on any atom is 0.387 e. The summed E-state index contributed by atoms with van der Waals surface area (Å²) in [5.74, 6) is 0.857. The van der Waals surface area contributed by atoms with Gasteiger partial charge in [-0.2, -0.15) is 8.78 Å². The number of alkyl halides is 2. The zero-order valence-electron chi connectivity index (χ0n) is 16.0. The van der Waals surface area contributed by atoms with Crippen molar-refractivity contribution in [2.45, 2.75) is 39.3 Å². The second kappa shape index (κ2) is 11.2. The molecule has 2 rings (SSSR count). The van der Waals surface area contributed by atoms with E-state index in [1.165, 1.54) is 12.5 Å². The van der Waals surface area contributed by atoms with Crippen molar-refractivity contribution in [2.24, 2.45) is 10.9 Å². The van der Waals surface area contributed by atoms with Gasteiger partial charge in [-0.3, -0.25) is 0 Å². The highest BCUT2D eigenvalue weighted by molar-refractivity contribution is 7.89. The lowest BCUT2D eigenvalue weighted by molar-refractivity contribution is -0.0504. The Labute approximate surface area is 165 Å². The third-order valence-corrected chi connectivity index (χ3v) is 5.77. The molecule has 1 aromatic carbocycles. The molecule has 0 aliphatic heterocycles. The van der Waals surface area contributed by atoms with Gasteiger partial charge in [0.25, 0.3) is 0 Å². The minimum absolute atomic E-state index is 0.0693. The Bertz CT molecular complexity index is 740. The molecule has 0 saturated heterocycles. The zero-order valence-corrected chi connectivity index (χ0v) is 16.8. The van der Waals surface area contributed by atoms with E-state index in [0.29, 0.717) is 30.5 Å². The summed E-state index contributed by atoms with van der Waals surface area (Å²) in [5, 5.41) is 5.96. The number of sulfonamides is 1. The number of aliphatic imine (C=N–C) groups is 1. The van der Waals surface area contributed by atoms with Gasteiger partial charge < -0.3 is 15.4 Å². The lowest BCUT2D eigenvalue weighted by Gasteiger charge is -2.25. The first-order valence-electron chi connectivity index (χ1n) is 9.42. The maximum absolute atomic E-state index is 12.5. The highest BCUT2D eigenvalue weighted by Gasteiger charge is 2.20. The monoisotopic (exact) mass is 418 g/mol. The van der Waals surface area contributed by atoms with Crippen molar-refractivity contribution < 1.29 is 21.9 Å². The molecule has 0 bridgehead atoms. The lowest BCUT2D eigenvalue weighted by atomic mass is 9.86. The number of ether oxygens (including phenoxy) is 1. The number of nitrogens with one attached hydrogen (secondary N) is 3. The van der Waals surface area contributed by atoms with Gasteiger partial charge in [-0.25, -0.2) is 18.1 Å². The van der Waals surface area contributed by atoms with Crippen LogP contribution in [-0.2, 0) is 16.6 Å². The molecule has 0 amide bonds. The number of rotatable bonds is 11. The van der Waals surface area contributed by atoms with Crippen molar-refractivity contribution in [3.05, 3.63) is 29.8 Å². The maximum atomic E-state index is 12.5. The van der Waals surface area contributed by atoms with Gasteiger partial charge in [-0.15, -0.1) is 0 Å². The Morgan fingerprint density at radius 3 is 2.68 bits per heavy atom. The predicted octanol–water partition coefficient (Wildman–Crippen LogP) is 2.06. The molecule has 1 aliphatic carbocycles. The minimum Gasteiger partial charge on any atom is -0.434 e. The summed E-state index contributed by atoms with van der Waals surface area (Å²) in [6.45, 7) is 0.341. The van der Waals surface area contributed by atoms with Crippen molar-refractivity contribution in [2.75, 3.05) is 25.4 Å². The first kappa shape index (κ1) is 22.4. The Balaban J connectivity index is 1.86. The van der Waals surface area contributed by atoms with Crippen molar-refractivity contribution >= 4 is 16.0 Å². The van der Waals surface area contributed by atoms with Crippen LogP contribution < -0.4 is 20.1 Å². The SMILES string of the molecule is CCNC(=NCc1ccccc1OC(F)F)NCCS(=O)(=O)NCC1CCC1. The van der Waals surface area contributed by atoms with Crippen molar-refractivity contribution in [3.63, 3.8) is 0 Å². The van der Waals surface area contributed by atoms with E-state index >= 15 is 0 Å². The van der Waals surface area contributed by atoms with Crippen LogP contribution in [-0.4, -0.2) is 46.4 Å². The third kappa shape index (κ3) is 7.97. The van der Waals surface area contributed by atoms with Crippen LogP contribution in [0.2, 0.25) is 0 Å². The van der Waals surface area contributed by atoms with E-state index < -0.39 is 16.6 Å². The molecule has 1 saturated carbocycles. The van der Waals surface area contributed by atoms with E-state index in [1.54, 1.807) is 18.2 Å². The quantitative estimate of drug-likeness (QED) is 0.378. The molecular weight excluding hydrogens is 390 g/mol. The average molecular weight is 419 g/mol. The highest BCUT2D eigenvalue weighted by Crippen LogP contribution is 2.25. The molecule has 1 aromatic rings. The van der Waals surface area contributed by atoms with Crippen LogP contribution in [0.4, 0.5) is 8.78 Å². The van der Waals surface area contributed by atoms with E-state index in [1.807, 2.05) is 6.92 Å². The summed E-state index contributed by atoms with van der Waals surface area (Å²) in [5.41, 5.74) is 0.509. The molecule has 1 fully saturated rings. The highest BCUT2D eigenvalue weighted by atomic mass is 32.2. The number of hydrogen-bond donors (Lipinski definition) is 3. The lowest BCUT2D eigenvalue weighted by Crippen LogP contribution is -2.42. The molecule has 158 valence electrons. The van der Waals surface area contributed by atoms with Crippen LogP contribution in [0.1, 0.15) is 31.7 Å². The Hall–Kier alpha value is -1.94. The molecule has 3 N–H and O–H groups in total. The largest absolute Gasteiger partial charge is 0.434 e. The van der Waals surface area contributed by atoms with Crippen LogP contribution >= 0.6 is 0 Å². The van der Waals surface area contributed by atoms with Gasteiger partial charge in [0.2, 0.25) is 10.0 Å². The molecule has 10 heteroatoms. The number of para-hydroxylation sites is 1. The molecule has 0 atom stereocenters. The first-order valence-corrected chi connectivity index (χ1v) is 11.1. The summed E-state index contributed by atoms with van der Waals surface area (Å²) in [4.78, 5) is 4.32. The minimum atomic E-state index is -3.35. The van der Waals surface area contributed by atoms with Crippen molar-refractivity contribution in [1.29, 1.82) is 0 Å². The van der Waals surface area contributed by atoms with Crippen LogP contribution in [0.5, 0.6) is 5.75 Å². The van der Waals surface area contributed by atoms with Crippen LogP contribution in [0.15, 0.2) is 29.3 Å². The van der Waals surface area contributed by atoms with Crippen LogP contribution in [0.25, 0.3) is 0 Å². The number of benzene rings is 1. The third-order valence-electron chi connectivity index (χ3n) is 4.42. The van der Waals surface area contributed by atoms with E-state index in [4.69, 9.17) is 0 Å². The second-order valence-corrected chi connectivity index (χ2v) is 8.50. The second-order valence-electron chi connectivity index (χ2n) is 6.57. The first-order chi connectivity index (χ1) is 13.4. The number of hydrogen-bond acceptors (Lipinski definition) is 4. The summed E-state index contributed by atoms with van der Waals surface area (Å²) in [6, 6.07) is 6.43. The fourth-order valence-corrected chi connectivity index (χ4v) is 3.67. The van der Waals surface area contributed by atoms with Gasteiger partial charge >= 0.3 is 6.61 Å². The van der Waals surface area contributed by atoms with E-state index in [0.717, 1.165) is 12.8 Å². The predicted molar refractivity (Wildman–Crippen MR) is 105 cm³/mol. The number of halogens is 2. The summed E-state index contributed by atoms with van der Waals surface area (Å²) in [7, 11) is -3.35. The van der Waals surface area contributed by atoms with E-state index in [-0.39, 0.29) is 24.6 Å². The smallest absolute Gasteiger partial charge is 0.387 e. The molecular formula is C18H28F2N4O3S. The Kier molecular flexibility index (Phi) is 8.91. The van der Waals surface area contributed by atoms with Crippen molar-refractivity contribution in [1.82, 2.24) is 15.4 Å². The van der Waals surface area contributed by atoms with Gasteiger partial charge in [0.1, 0.15) is 5.75 Å². The van der Waals surface area contributed by atoms with Crippen LogP contribution in [0, 0.1) is 5.92 Å². The average Bonchev–Trinajstić information content (AvgIpc) is 2.58. The topological polar surface area (TPSA) is 91.8 Å². The van der Waals surface area contributed by atoms with E-state index in [2.05, 4.69) is 25.1 Å². The molecule has 0 radical (unpaired) electrons. The number of guanidine groups is 1. The van der Waals surface area contributed by atoms with Gasteiger partial charge in [0.15, 0.2) is 5.96 Å². The molecule has 7 nitrogen and oxygen atoms in total. The molecule has 0 unspecified atom stereocenters. The van der Waals surface area contributed by atoms with Gasteiger partial charge in [0, 0.05) is 25.2 Å². The summed E-state index contributed by atoms with van der Waals surface area (Å²) >= 11 is 0. The summed E-state index contributed by atoms with van der Waals surface area (Å²) in [6.07, 6.45) is 3.32. The number of nitrogens with zero attached hydrogens (tertiary/aromatic N) is 1. The molecule has 0 heterocycles. The zero-order chi connectivity index (χ0) is 20.4. The van der Waals surface area contributed by atoms with E-state index in [9.17, 15) is 17.2 Å². The Morgan fingerprint density at radius 1 is 1.29 bits per heavy atom. The van der Waals surface area contributed by atoms with Crippen LogP contribution in [0.3, 0.4) is 0 Å². The molecule has 28 heavy (non-hydrogen) atoms. The van der Waals surface area contributed by atoms with Gasteiger partial charge in [-0.05, 0) is 31.7 Å². The fraction of sp³-hybridized carbons (Fsp3) is 0.611. The standard InChI is InChI=1S/C18H28F2N4O3S/c1-2-21-18(22-10-11-28(25,26)24-12-14-6-5-7-14)23-13-15-8-3-4-9-16(15)27-17(19)20/h3-4,8-9,14,17,24H,2,5-7,10-13H2,1H3,(H2,21,22,23).